The van der Waals surface area contributed by atoms with Gasteiger partial charge >= 0.3 is 0 Å². The van der Waals surface area contributed by atoms with Crippen LogP contribution in [0.15, 0.2) is 84.9 Å². The Kier molecular flexibility index (Phi) is 21.8. The molecule has 67 heavy (non-hydrogen) atoms. The van der Waals surface area contributed by atoms with Crippen LogP contribution in [-0.2, 0) is 0 Å². The SMILES string of the molecule is CC(C)c1cc(C(C)C)c(C(C)C)cc1C(C)C.CC(C)c1ccc(-c2ccc(C(C)C)c(C(C)C)c2)cc1C(C)C.CC(C)c1ccc(Oc2ccc(C(C)C)c(C(C)C)c2)cc1C(C)C. The van der Waals surface area contributed by atoms with E-state index in [4.69, 9.17) is 4.74 Å². The highest BCUT2D eigenvalue weighted by Gasteiger charge is 2.19. The van der Waals surface area contributed by atoms with E-state index in [9.17, 15) is 0 Å². The lowest BCUT2D eigenvalue weighted by Gasteiger charge is -2.24. The first kappa shape index (κ1) is 57.2. The molecule has 0 spiro atoms. The van der Waals surface area contributed by atoms with Gasteiger partial charge in [0.1, 0.15) is 11.5 Å². The topological polar surface area (TPSA) is 9.23 Å². The molecule has 0 atom stereocenters. The molecule has 5 rings (SSSR count). The van der Waals surface area contributed by atoms with Crippen LogP contribution >= 0.6 is 0 Å². The molecule has 0 bridgehead atoms. The van der Waals surface area contributed by atoms with Crippen LogP contribution in [0.3, 0.4) is 0 Å². The summed E-state index contributed by atoms with van der Waals surface area (Å²) in [6.07, 6.45) is 0. The smallest absolute Gasteiger partial charge is 0.127 e. The quantitative estimate of drug-likeness (QED) is 0.102. The zero-order valence-corrected chi connectivity index (χ0v) is 47.4. The Morgan fingerprint density at radius 3 is 0.582 bits per heavy atom. The van der Waals surface area contributed by atoms with Gasteiger partial charge < -0.3 is 4.74 Å². The van der Waals surface area contributed by atoms with Gasteiger partial charge in [0.15, 0.2) is 0 Å². The van der Waals surface area contributed by atoms with E-state index in [-0.39, 0.29) is 0 Å². The van der Waals surface area contributed by atoms with Gasteiger partial charge in [-0.25, -0.2) is 0 Å². The fourth-order valence-corrected chi connectivity index (χ4v) is 9.65. The molecule has 0 aliphatic heterocycles. The standard InChI is InChI=1S/C24H34O.C24H34.C18H30/c1-15(2)21-11-9-19(13-23(21)17(5)6)25-20-10-12-22(16(3)4)24(14-20)18(7)8;1-15(2)21-11-9-19(13-23(21)17(5)6)20-10-12-22(16(3)4)24(14-20)18(7)8;1-11(2)15-9-17(13(5)6)18(14(7)8)10-16(15)12(3)4/h9-18H,1-8H3;9-18H,1-8H3;9-14H,1-8H3. The maximum atomic E-state index is 6.23. The highest BCUT2D eigenvalue weighted by Crippen LogP contribution is 2.38. The largest absolute Gasteiger partial charge is 0.457 e. The molecule has 368 valence electrons. The lowest BCUT2D eigenvalue weighted by atomic mass is 9.81. The minimum absolute atomic E-state index is 0.496. The van der Waals surface area contributed by atoms with Crippen LogP contribution in [0.1, 0.15) is 304 Å². The van der Waals surface area contributed by atoms with Gasteiger partial charge in [0.05, 0.1) is 0 Å². The van der Waals surface area contributed by atoms with E-state index in [0.29, 0.717) is 71.0 Å². The second-order valence-electron chi connectivity index (χ2n) is 23.3. The number of benzene rings is 5. The van der Waals surface area contributed by atoms with Gasteiger partial charge in [0, 0.05) is 0 Å². The van der Waals surface area contributed by atoms with E-state index in [1.54, 1.807) is 0 Å². The van der Waals surface area contributed by atoms with Gasteiger partial charge in [-0.05, 0) is 173 Å². The van der Waals surface area contributed by atoms with Crippen LogP contribution in [0.5, 0.6) is 11.5 Å². The van der Waals surface area contributed by atoms with E-state index < -0.39 is 0 Å². The van der Waals surface area contributed by atoms with Gasteiger partial charge in [0.2, 0.25) is 0 Å². The minimum atomic E-state index is 0.496. The van der Waals surface area contributed by atoms with Gasteiger partial charge in [-0.3, -0.25) is 0 Å². The van der Waals surface area contributed by atoms with Crippen LogP contribution in [0.25, 0.3) is 11.1 Å². The van der Waals surface area contributed by atoms with Crippen LogP contribution in [0, 0.1) is 0 Å². The van der Waals surface area contributed by atoms with Crippen molar-refractivity contribution in [2.75, 3.05) is 0 Å². The number of hydrogen-bond donors (Lipinski definition) is 0. The van der Waals surface area contributed by atoms with Crippen molar-refractivity contribution in [1.82, 2.24) is 0 Å². The van der Waals surface area contributed by atoms with Gasteiger partial charge in [0.25, 0.3) is 0 Å². The van der Waals surface area contributed by atoms with Crippen LogP contribution < -0.4 is 4.74 Å². The van der Waals surface area contributed by atoms with Gasteiger partial charge in [-0.2, -0.15) is 0 Å². The van der Waals surface area contributed by atoms with Crippen molar-refractivity contribution >= 4 is 0 Å². The first-order valence-corrected chi connectivity index (χ1v) is 26.6. The summed E-state index contributed by atoms with van der Waals surface area (Å²) in [4.78, 5) is 0. The molecule has 0 N–H and O–H groups in total. The second kappa shape index (κ2) is 25.5. The van der Waals surface area contributed by atoms with E-state index >= 15 is 0 Å². The van der Waals surface area contributed by atoms with E-state index in [1.165, 1.54) is 77.9 Å². The molecule has 5 aromatic rings. The maximum Gasteiger partial charge on any atom is 0.127 e. The predicted octanol–water partition coefficient (Wildman–Crippen LogP) is 22.0. The fraction of sp³-hybridized carbons (Fsp3) is 0.545. The molecule has 0 unspecified atom stereocenters. The molecule has 0 aliphatic carbocycles. The summed E-state index contributed by atoms with van der Waals surface area (Å²) in [5.74, 6) is 8.63. The highest BCUT2D eigenvalue weighted by molar-refractivity contribution is 5.67. The third-order valence-corrected chi connectivity index (χ3v) is 13.6. The average molecular weight is 908 g/mol. The summed E-state index contributed by atoms with van der Waals surface area (Å²) in [6.45, 7) is 54.8. The number of rotatable bonds is 15. The summed E-state index contributed by atoms with van der Waals surface area (Å²) in [5.41, 5.74) is 20.4. The van der Waals surface area contributed by atoms with Crippen molar-refractivity contribution in [2.45, 2.75) is 237 Å². The molecule has 0 aliphatic rings. The summed E-state index contributed by atoms with van der Waals surface area (Å²) in [5, 5.41) is 0. The van der Waals surface area contributed by atoms with Crippen molar-refractivity contribution in [1.29, 1.82) is 0 Å². The lowest BCUT2D eigenvalue weighted by Crippen LogP contribution is -2.06. The van der Waals surface area contributed by atoms with Crippen LogP contribution in [-0.4, -0.2) is 0 Å². The molecule has 0 saturated heterocycles. The zero-order valence-electron chi connectivity index (χ0n) is 47.4. The Labute approximate surface area is 414 Å². The van der Waals surface area contributed by atoms with E-state index in [1.807, 2.05) is 0 Å². The van der Waals surface area contributed by atoms with Crippen LogP contribution in [0.2, 0.25) is 0 Å². The molecule has 0 amide bonds. The Morgan fingerprint density at radius 2 is 0.373 bits per heavy atom. The van der Waals surface area contributed by atoms with Crippen molar-refractivity contribution in [3.63, 3.8) is 0 Å². The molecule has 0 radical (unpaired) electrons. The molecule has 0 fully saturated rings. The zero-order chi connectivity index (χ0) is 50.8. The van der Waals surface area contributed by atoms with E-state index in [0.717, 1.165) is 11.5 Å². The Morgan fingerprint density at radius 1 is 0.194 bits per heavy atom. The van der Waals surface area contributed by atoms with Crippen molar-refractivity contribution in [2.24, 2.45) is 0 Å². The molecule has 0 aromatic heterocycles. The Bertz CT molecular complexity index is 2100. The summed E-state index contributed by atoms with van der Waals surface area (Å²) >= 11 is 0. The molecule has 5 aromatic carbocycles. The normalized spacial score (nSPS) is 12.0. The van der Waals surface area contributed by atoms with E-state index in [2.05, 4.69) is 251 Å². The van der Waals surface area contributed by atoms with Gasteiger partial charge in [-0.15, -0.1) is 0 Å². The first-order chi connectivity index (χ1) is 31.2. The second-order valence-corrected chi connectivity index (χ2v) is 23.3. The third-order valence-electron chi connectivity index (χ3n) is 13.6. The molecule has 1 nitrogen and oxygen atoms in total. The van der Waals surface area contributed by atoms with Crippen LogP contribution in [0.4, 0.5) is 0 Å². The van der Waals surface area contributed by atoms with Crippen molar-refractivity contribution in [3.8, 4) is 22.6 Å². The van der Waals surface area contributed by atoms with Gasteiger partial charge in [-0.1, -0.05) is 227 Å². The summed E-state index contributed by atoms with van der Waals surface area (Å²) in [7, 11) is 0. The van der Waals surface area contributed by atoms with Crippen molar-refractivity contribution in [3.05, 3.63) is 152 Å². The fourth-order valence-electron chi connectivity index (χ4n) is 9.65. The highest BCUT2D eigenvalue weighted by atomic mass is 16.5. The maximum absolute atomic E-state index is 6.23. The third kappa shape index (κ3) is 15.4. The number of ether oxygens (including phenoxy) is 1. The van der Waals surface area contributed by atoms with Crippen molar-refractivity contribution < 1.29 is 4.74 Å². The lowest BCUT2D eigenvalue weighted by molar-refractivity contribution is 0.479. The molecular formula is C66H98O. The Hall–Kier alpha value is -4.10. The minimum Gasteiger partial charge on any atom is -0.457 e. The Balaban J connectivity index is 0.000000270. The average Bonchev–Trinajstić information content (AvgIpc) is 3.25. The number of hydrogen-bond acceptors (Lipinski definition) is 1. The summed E-state index contributed by atoms with van der Waals surface area (Å²) in [6, 6.07) is 32.1. The molecule has 0 heterocycles. The molecule has 0 saturated carbocycles. The monoisotopic (exact) mass is 907 g/mol. The predicted molar refractivity (Wildman–Crippen MR) is 300 cm³/mol. The molecule has 1 heteroatoms. The first-order valence-electron chi connectivity index (χ1n) is 26.6. The summed E-state index contributed by atoms with van der Waals surface area (Å²) < 4.78 is 6.23. The molecular weight excluding hydrogens is 809 g/mol.